The number of benzene rings is 2. The van der Waals surface area contributed by atoms with E-state index in [0.717, 1.165) is 15.6 Å². The van der Waals surface area contributed by atoms with Gasteiger partial charge in [0.1, 0.15) is 6.10 Å². The molecule has 0 spiro atoms. The van der Waals surface area contributed by atoms with Gasteiger partial charge in [0.15, 0.2) is 0 Å². The minimum atomic E-state index is -0.534. The lowest BCUT2D eigenvalue weighted by atomic mass is 9.82. The fourth-order valence-electron chi connectivity index (χ4n) is 3.85. The number of fused-ring (bicyclic) bond motifs is 1. The standard InChI is InChI=1S/C21H20BrNO4/c22-15-5-3-4-14(12-15)21(8-10-26-11-9-21)23-19(24)13-18-16-6-1-2-7-17(16)20(25)27-18/h1-7,12,18H,8-11,13H2,(H,23,24). The van der Waals surface area contributed by atoms with Gasteiger partial charge < -0.3 is 14.8 Å². The highest BCUT2D eigenvalue weighted by Crippen LogP contribution is 2.36. The van der Waals surface area contributed by atoms with Crippen molar-refractivity contribution in [3.8, 4) is 0 Å². The van der Waals surface area contributed by atoms with E-state index in [1.807, 2.05) is 36.4 Å². The third-order valence-corrected chi connectivity index (χ3v) is 5.74. The van der Waals surface area contributed by atoms with Crippen molar-refractivity contribution in [1.29, 1.82) is 0 Å². The maximum Gasteiger partial charge on any atom is 0.339 e. The van der Waals surface area contributed by atoms with Crippen molar-refractivity contribution < 1.29 is 19.1 Å². The number of rotatable bonds is 4. The van der Waals surface area contributed by atoms with Crippen LogP contribution in [0.3, 0.4) is 0 Å². The first-order valence-electron chi connectivity index (χ1n) is 9.02. The first kappa shape index (κ1) is 18.2. The van der Waals surface area contributed by atoms with E-state index < -0.39 is 11.6 Å². The van der Waals surface area contributed by atoms with E-state index in [9.17, 15) is 9.59 Å². The zero-order chi connectivity index (χ0) is 18.9. The molecule has 2 aromatic carbocycles. The number of halogens is 1. The molecule has 0 saturated carbocycles. The Balaban J connectivity index is 1.54. The molecule has 4 rings (SSSR count). The molecule has 1 saturated heterocycles. The van der Waals surface area contributed by atoms with Gasteiger partial charge in [0.25, 0.3) is 0 Å². The number of hydrogen-bond acceptors (Lipinski definition) is 4. The van der Waals surface area contributed by atoms with Gasteiger partial charge in [-0.15, -0.1) is 0 Å². The van der Waals surface area contributed by atoms with E-state index in [2.05, 4.69) is 21.2 Å². The molecule has 2 aliphatic heterocycles. The van der Waals surface area contributed by atoms with Gasteiger partial charge in [-0.1, -0.05) is 46.3 Å². The molecule has 1 fully saturated rings. The molecule has 27 heavy (non-hydrogen) atoms. The first-order chi connectivity index (χ1) is 13.1. The van der Waals surface area contributed by atoms with Gasteiger partial charge in [0.2, 0.25) is 5.91 Å². The number of carbonyl (C=O) groups is 2. The lowest BCUT2D eigenvalue weighted by Crippen LogP contribution is -2.49. The molecule has 0 bridgehead atoms. The monoisotopic (exact) mass is 429 g/mol. The van der Waals surface area contributed by atoms with E-state index in [-0.39, 0.29) is 18.3 Å². The van der Waals surface area contributed by atoms with Crippen LogP contribution in [0.4, 0.5) is 0 Å². The Morgan fingerprint density at radius 2 is 1.93 bits per heavy atom. The topological polar surface area (TPSA) is 64.6 Å². The number of nitrogens with one attached hydrogen (secondary N) is 1. The van der Waals surface area contributed by atoms with Crippen LogP contribution in [0.2, 0.25) is 0 Å². The van der Waals surface area contributed by atoms with Crippen molar-refractivity contribution >= 4 is 27.8 Å². The van der Waals surface area contributed by atoms with Gasteiger partial charge in [0, 0.05) is 23.2 Å². The normalized spacial score (nSPS) is 20.6. The first-order valence-corrected chi connectivity index (χ1v) is 9.81. The highest BCUT2D eigenvalue weighted by molar-refractivity contribution is 9.10. The summed E-state index contributed by atoms with van der Waals surface area (Å²) in [6, 6.07) is 15.2. The minimum absolute atomic E-state index is 0.110. The zero-order valence-corrected chi connectivity index (χ0v) is 16.3. The van der Waals surface area contributed by atoms with Crippen LogP contribution >= 0.6 is 15.9 Å². The fraction of sp³-hybridized carbons (Fsp3) is 0.333. The van der Waals surface area contributed by atoms with E-state index in [4.69, 9.17) is 9.47 Å². The Kier molecular flexibility index (Phi) is 5.02. The van der Waals surface area contributed by atoms with Gasteiger partial charge in [-0.25, -0.2) is 4.79 Å². The number of carbonyl (C=O) groups excluding carboxylic acids is 2. The van der Waals surface area contributed by atoms with Gasteiger partial charge in [-0.3, -0.25) is 4.79 Å². The summed E-state index contributed by atoms with van der Waals surface area (Å²) < 4.78 is 11.9. The average molecular weight is 430 g/mol. The fourth-order valence-corrected chi connectivity index (χ4v) is 4.25. The molecule has 2 heterocycles. The second-order valence-corrected chi connectivity index (χ2v) is 7.85. The summed E-state index contributed by atoms with van der Waals surface area (Å²) in [6.45, 7) is 1.18. The lowest BCUT2D eigenvalue weighted by molar-refractivity contribution is -0.126. The van der Waals surface area contributed by atoms with Crippen molar-refractivity contribution in [3.05, 3.63) is 69.7 Å². The van der Waals surface area contributed by atoms with Crippen LogP contribution in [0, 0.1) is 0 Å². The van der Waals surface area contributed by atoms with Crippen LogP contribution < -0.4 is 5.32 Å². The summed E-state index contributed by atoms with van der Waals surface area (Å²) in [6.07, 6.45) is 0.986. The Morgan fingerprint density at radius 1 is 1.15 bits per heavy atom. The number of amides is 1. The summed E-state index contributed by atoms with van der Waals surface area (Å²) in [5.74, 6) is -0.498. The molecule has 5 nitrogen and oxygen atoms in total. The van der Waals surface area contributed by atoms with Gasteiger partial charge in [0.05, 0.1) is 17.5 Å². The molecule has 1 unspecified atom stereocenters. The van der Waals surface area contributed by atoms with Crippen molar-refractivity contribution in [2.75, 3.05) is 13.2 Å². The SMILES string of the molecule is O=C(CC1OC(=O)c2ccccc21)NC1(c2cccc(Br)c2)CCOCC1. The zero-order valence-electron chi connectivity index (χ0n) is 14.7. The summed E-state index contributed by atoms with van der Waals surface area (Å²) in [7, 11) is 0. The maximum atomic E-state index is 12.9. The molecular weight excluding hydrogens is 410 g/mol. The highest BCUT2D eigenvalue weighted by Gasteiger charge is 2.38. The third-order valence-electron chi connectivity index (χ3n) is 5.25. The molecule has 2 aliphatic rings. The van der Waals surface area contributed by atoms with Crippen LogP contribution in [0.15, 0.2) is 53.0 Å². The van der Waals surface area contributed by atoms with Crippen molar-refractivity contribution in [2.24, 2.45) is 0 Å². The Morgan fingerprint density at radius 3 is 2.70 bits per heavy atom. The Hall–Kier alpha value is -2.18. The maximum absolute atomic E-state index is 12.9. The summed E-state index contributed by atoms with van der Waals surface area (Å²) in [5.41, 5.74) is 1.91. The minimum Gasteiger partial charge on any atom is -0.453 e. The third kappa shape index (κ3) is 3.64. The predicted molar refractivity (Wildman–Crippen MR) is 103 cm³/mol. The molecule has 1 N–H and O–H groups in total. The number of cyclic esters (lactones) is 1. The highest BCUT2D eigenvalue weighted by atomic mass is 79.9. The number of hydrogen-bond donors (Lipinski definition) is 1. The molecule has 6 heteroatoms. The van der Waals surface area contributed by atoms with Crippen LogP contribution in [-0.2, 0) is 19.8 Å². The van der Waals surface area contributed by atoms with E-state index in [1.54, 1.807) is 12.1 Å². The van der Waals surface area contributed by atoms with Crippen LogP contribution in [-0.4, -0.2) is 25.1 Å². The van der Waals surface area contributed by atoms with E-state index in [1.165, 1.54) is 0 Å². The largest absolute Gasteiger partial charge is 0.453 e. The van der Waals surface area contributed by atoms with Crippen molar-refractivity contribution in [1.82, 2.24) is 5.32 Å². The lowest BCUT2D eigenvalue weighted by Gasteiger charge is -2.39. The Labute approximate surface area is 166 Å². The van der Waals surface area contributed by atoms with Gasteiger partial charge in [-0.05, 0) is 36.6 Å². The quantitative estimate of drug-likeness (QED) is 0.749. The molecule has 0 radical (unpaired) electrons. The second kappa shape index (κ2) is 7.44. The summed E-state index contributed by atoms with van der Waals surface area (Å²) >= 11 is 3.51. The smallest absolute Gasteiger partial charge is 0.339 e. The Bertz CT molecular complexity index is 876. The summed E-state index contributed by atoms with van der Waals surface area (Å²) in [4.78, 5) is 24.9. The molecule has 140 valence electrons. The van der Waals surface area contributed by atoms with E-state index >= 15 is 0 Å². The van der Waals surface area contributed by atoms with Crippen molar-refractivity contribution in [2.45, 2.75) is 30.9 Å². The number of esters is 1. The van der Waals surface area contributed by atoms with Crippen LogP contribution in [0.1, 0.15) is 46.9 Å². The van der Waals surface area contributed by atoms with Gasteiger partial charge in [-0.2, -0.15) is 0 Å². The second-order valence-electron chi connectivity index (χ2n) is 6.94. The average Bonchev–Trinajstić information content (AvgIpc) is 2.98. The molecule has 0 aliphatic carbocycles. The summed E-state index contributed by atoms with van der Waals surface area (Å²) in [5, 5.41) is 3.22. The molecule has 1 atom stereocenters. The molecule has 0 aromatic heterocycles. The molecule has 1 amide bonds. The number of ether oxygens (including phenoxy) is 2. The molecule has 2 aromatic rings. The molecular formula is C21H20BrNO4. The van der Waals surface area contributed by atoms with Crippen molar-refractivity contribution in [3.63, 3.8) is 0 Å². The van der Waals surface area contributed by atoms with Gasteiger partial charge >= 0.3 is 5.97 Å². The van der Waals surface area contributed by atoms with E-state index in [0.29, 0.717) is 31.6 Å². The van der Waals surface area contributed by atoms with Crippen LogP contribution in [0.25, 0.3) is 0 Å². The van der Waals surface area contributed by atoms with Crippen LogP contribution in [0.5, 0.6) is 0 Å². The predicted octanol–water partition coefficient (Wildman–Crippen LogP) is 3.87.